The van der Waals surface area contributed by atoms with Crippen LogP contribution in [0.5, 0.6) is 0 Å². The Kier molecular flexibility index (Phi) is 2.54. The third-order valence-corrected chi connectivity index (χ3v) is 3.28. The van der Waals surface area contributed by atoms with Crippen molar-refractivity contribution in [3.8, 4) is 0 Å². The minimum absolute atomic E-state index is 0.101. The molecule has 1 aliphatic heterocycles. The van der Waals surface area contributed by atoms with E-state index in [0.717, 1.165) is 29.7 Å². The topological polar surface area (TPSA) is 33.5 Å². The van der Waals surface area contributed by atoms with Gasteiger partial charge in [-0.05, 0) is 19.9 Å². The molecule has 1 aliphatic rings. The second kappa shape index (κ2) is 3.69. The Morgan fingerprint density at radius 3 is 2.86 bits per heavy atom. The Bertz CT molecular complexity index is 353. The summed E-state index contributed by atoms with van der Waals surface area (Å²) >= 11 is 1.79. The van der Waals surface area contributed by atoms with E-state index in [0.29, 0.717) is 5.56 Å². The molecule has 0 atom stereocenters. The number of thioether (sulfide) groups is 1. The summed E-state index contributed by atoms with van der Waals surface area (Å²) in [7, 11) is 0. The molecule has 1 aromatic heterocycles. The summed E-state index contributed by atoms with van der Waals surface area (Å²) in [5.74, 6) is 3.48. The largest absolute Gasteiger partial charge is 0.466 e. The van der Waals surface area contributed by atoms with Gasteiger partial charge in [-0.1, -0.05) is 0 Å². The number of aryl methyl sites for hydroxylation is 2. The van der Waals surface area contributed by atoms with E-state index in [2.05, 4.69) is 0 Å². The maximum Gasteiger partial charge on any atom is 0.258 e. The first-order valence-electron chi connectivity index (χ1n) is 4.62. The fourth-order valence-electron chi connectivity index (χ4n) is 1.59. The van der Waals surface area contributed by atoms with Crippen LogP contribution >= 0.6 is 11.8 Å². The Labute approximate surface area is 87.5 Å². The van der Waals surface area contributed by atoms with Crippen molar-refractivity contribution in [2.45, 2.75) is 13.8 Å². The van der Waals surface area contributed by atoms with Gasteiger partial charge in [0.1, 0.15) is 11.5 Å². The van der Waals surface area contributed by atoms with Crippen LogP contribution in [0.3, 0.4) is 0 Å². The molecule has 4 heteroatoms. The molecule has 0 bridgehead atoms. The highest BCUT2D eigenvalue weighted by molar-refractivity contribution is 7.99. The van der Waals surface area contributed by atoms with Crippen molar-refractivity contribution < 1.29 is 9.21 Å². The van der Waals surface area contributed by atoms with Crippen molar-refractivity contribution in [3.05, 3.63) is 23.2 Å². The van der Waals surface area contributed by atoms with Crippen molar-refractivity contribution in [2.24, 2.45) is 0 Å². The van der Waals surface area contributed by atoms with Crippen LogP contribution in [-0.2, 0) is 0 Å². The summed E-state index contributed by atoms with van der Waals surface area (Å²) in [6, 6.07) is 1.82. The average molecular weight is 211 g/mol. The average Bonchev–Trinajstić information content (AvgIpc) is 2.73. The van der Waals surface area contributed by atoms with Gasteiger partial charge in [-0.25, -0.2) is 0 Å². The molecule has 14 heavy (non-hydrogen) atoms. The summed E-state index contributed by atoms with van der Waals surface area (Å²) in [6.07, 6.45) is 0. The van der Waals surface area contributed by atoms with Gasteiger partial charge in [0, 0.05) is 12.3 Å². The molecule has 1 amide bonds. The molecule has 2 rings (SSSR count). The van der Waals surface area contributed by atoms with Gasteiger partial charge in [-0.15, -0.1) is 11.8 Å². The van der Waals surface area contributed by atoms with Gasteiger partial charge < -0.3 is 9.32 Å². The molecule has 0 aliphatic carbocycles. The highest BCUT2D eigenvalue weighted by Gasteiger charge is 2.22. The molecule has 0 spiro atoms. The van der Waals surface area contributed by atoms with Crippen LogP contribution in [0.2, 0.25) is 0 Å². The van der Waals surface area contributed by atoms with Gasteiger partial charge in [0.05, 0.1) is 11.4 Å². The van der Waals surface area contributed by atoms with E-state index < -0.39 is 0 Å². The van der Waals surface area contributed by atoms with Crippen LogP contribution in [0, 0.1) is 13.8 Å². The summed E-state index contributed by atoms with van der Waals surface area (Å²) in [5.41, 5.74) is 0.713. The van der Waals surface area contributed by atoms with Gasteiger partial charge in [0.15, 0.2) is 0 Å². The molecule has 0 N–H and O–H groups in total. The van der Waals surface area contributed by atoms with Gasteiger partial charge in [0.2, 0.25) is 0 Å². The molecule has 3 nitrogen and oxygen atoms in total. The highest BCUT2D eigenvalue weighted by atomic mass is 32.2. The first kappa shape index (κ1) is 9.65. The maximum atomic E-state index is 11.9. The zero-order chi connectivity index (χ0) is 10.1. The fraction of sp³-hybridized carbons (Fsp3) is 0.500. The van der Waals surface area contributed by atoms with E-state index >= 15 is 0 Å². The normalized spacial score (nSPS) is 16.3. The Balaban J connectivity index is 2.21. The van der Waals surface area contributed by atoms with Crippen LogP contribution in [0.15, 0.2) is 10.5 Å². The molecule has 0 unspecified atom stereocenters. The van der Waals surface area contributed by atoms with Crippen molar-refractivity contribution in [2.75, 3.05) is 18.2 Å². The molecule has 2 heterocycles. The van der Waals surface area contributed by atoms with Crippen molar-refractivity contribution in [3.63, 3.8) is 0 Å². The molecule has 0 saturated carbocycles. The lowest BCUT2D eigenvalue weighted by Gasteiger charge is -2.12. The van der Waals surface area contributed by atoms with Crippen LogP contribution in [0.25, 0.3) is 0 Å². The van der Waals surface area contributed by atoms with E-state index in [1.807, 2.05) is 24.8 Å². The van der Waals surface area contributed by atoms with Crippen LogP contribution in [0.4, 0.5) is 0 Å². The summed E-state index contributed by atoms with van der Waals surface area (Å²) in [4.78, 5) is 13.8. The van der Waals surface area contributed by atoms with E-state index in [9.17, 15) is 4.79 Å². The number of hydrogen-bond acceptors (Lipinski definition) is 3. The predicted molar refractivity (Wildman–Crippen MR) is 56.5 cm³/mol. The van der Waals surface area contributed by atoms with E-state index in [4.69, 9.17) is 4.42 Å². The standard InChI is InChI=1S/C10H13NO2S/c1-7-5-9(8(2)13-7)10(12)11-3-4-14-6-11/h5H,3-4,6H2,1-2H3. The predicted octanol–water partition coefficient (Wildman–Crippen LogP) is 2.04. The van der Waals surface area contributed by atoms with Crippen molar-refractivity contribution >= 4 is 17.7 Å². The van der Waals surface area contributed by atoms with Gasteiger partial charge in [-0.2, -0.15) is 0 Å². The number of carbonyl (C=O) groups is 1. The Morgan fingerprint density at radius 1 is 1.57 bits per heavy atom. The monoisotopic (exact) mass is 211 g/mol. The first-order valence-corrected chi connectivity index (χ1v) is 5.78. The number of amides is 1. The lowest BCUT2D eigenvalue weighted by molar-refractivity contribution is 0.0801. The number of hydrogen-bond donors (Lipinski definition) is 0. The lowest BCUT2D eigenvalue weighted by Crippen LogP contribution is -2.27. The second-order valence-electron chi connectivity index (χ2n) is 3.43. The van der Waals surface area contributed by atoms with Gasteiger partial charge in [0.25, 0.3) is 5.91 Å². The zero-order valence-electron chi connectivity index (χ0n) is 8.37. The summed E-state index contributed by atoms with van der Waals surface area (Å²) < 4.78 is 5.34. The minimum atomic E-state index is 0.101. The minimum Gasteiger partial charge on any atom is -0.466 e. The van der Waals surface area contributed by atoms with E-state index in [-0.39, 0.29) is 5.91 Å². The Morgan fingerprint density at radius 2 is 2.36 bits per heavy atom. The van der Waals surface area contributed by atoms with Crippen LogP contribution in [0.1, 0.15) is 21.9 Å². The molecular weight excluding hydrogens is 198 g/mol. The van der Waals surface area contributed by atoms with Gasteiger partial charge in [-0.3, -0.25) is 4.79 Å². The zero-order valence-corrected chi connectivity index (χ0v) is 9.19. The lowest BCUT2D eigenvalue weighted by atomic mass is 10.2. The number of carbonyl (C=O) groups excluding carboxylic acids is 1. The molecule has 1 fully saturated rings. The van der Waals surface area contributed by atoms with E-state index in [1.54, 1.807) is 11.8 Å². The summed E-state index contributed by atoms with van der Waals surface area (Å²) in [6.45, 7) is 4.55. The van der Waals surface area contributed by atoms with Gasteiger partial charge >= 0.3 is 0 Å². The van der Waals surface area contributed by atoms with Crippen molar-refractivity contribution in [1.29, 1.82) is 0 Å². The molecular formula is C10H13NO2S. The SMILES string of the molecule is Cc1cc(C(=O)N2CCSC2)c(C)o1. The van der Waals surface area contributed by atoms with Crippen molar-refractivity contribution in [1.82, 2.24) is 4.90 Å². The fourth-order valence-corrected chi connectivity index (χ4v) is 2.53. The third-order valence-electron chi connectivity index (χ3n) is 2.31. The molecule has 76 valence electrons. The molecule has 1 aromatic rings. The van der Waals surface area contributed by atoms with Crippen LogP contribution in [-0.4, -0.2) is 29.0 Å². The number of nitrogens with zero attached hydrogens (tertiary/aromatic N) is 1. The quantitative estimate of drug-likeness (QED) is 0.712. The van der Waals surface area contributed by atoms with E-state index in [1.165, 1.54) is 0 Å². The smallest absolute Gasteiger partial charge is 0.258 e. The maximum absolute atomic E-state index is 11.9. The molecule has 0 aromatic carbocycles. The second-order valence-corrected chi connectivity index (χ2v) is 4.51. The molecule has 1 saturated heterocycles. The Hall–Kier alpha value is -0.900. The third kappa shape index (κ3) is 1.66. The number of rotatable bonds is 1. The highest BCUT2D eigenvalue weighted by Crippen LogP contribution is 2.20. The summed E-state index contributed by atoms with van der Waals surface area (Å²) in [5, 5.41) is 0. The van der Waals surface area contributed by atoms with Crippen LogP contribution < -0.4 is 0 Å². The molecule has 0 radical (unpaired) electrons. The first-order chi connectivity index (χ1) is 6.68. The number of furan rings is 1.